The van der Waals surface area contributed by atoms with Crippen molar-refractivity contribution < 1.29 is 4.52 Å². The summed E-state index contributed by atoms with van der Waals surface area (Å²) in [6.45, 7) is 2.45. The Morgan fingerprint density at radius 3 is 2.75 bits per heavy atom. The molecule has 0 saturated heterocycles. The molecule has 0 spiro atoms. The molecular weight excluding hydrogens is 154 g/mol. The molecule has 12 heavy (non-hydrogen) atoms. The third-order valence-electron chi connectivity index (χ3n) is 1.56. The van der Waals surface area contributed by atoms with Crippen molar-refractivity contribution in [2.45, 2.75) is 13.5 Å². The molecule has 0 aliphatic heterocycles. The number of hydrogen-bond donors (Lipinski definition) is 0. The molecule has 0 aromatic carbocycles. The summed E-state index contributed by atoms with van der Waals surface area (Å²) in [6.07, 6.45) is 3.93. The van der Waals surface area contributed by atoms with Gasteiger partial charge in [-0.1, -0.05) is 5.16 Å². The van der Waals surface area contributed by atoms with Gasteiger partial charge in [-0.2, -0.15) is 4.98 Å². The highest BCUT2D eigenvalue weighted by Crippen LogP contribution is 1.98. The molecule has 2 aromatic heterocycles. The van der Waals surface area contributed by atoms with E-state index < -0.39 is 0 Å². The summed E-state index contributed by atoms with van der Waals surface area (Å²) in [5, 5.41) is 3.78. The van der Waals surface area contributed by atoms with Crippen molar-refractivity contribution >= 4 is 0 Å². The van der Waals surface area contributed by atoms with E-state index in [1.807, 2.05) is 29.1 Å². The van der Waals surface area contributed by atoms with Crippen LogP contribution in [-0.4, -0.2) is 14.7 Å². The maximum Gasteiger partial charge on any atom is 0.223 e. The first-order chi connectivity index (χ1) is 5.84. The Kier molecular flexibility index (Phi) is 1.66. The molecule has 4 nitrogen and oxygen atoms in total. The molecule has 2 heterocycles. The van der Waals surface area contributed by atoms with Gasteiger partial charge >= 0.3 is 0 Å². The molecule has 0 saturated carbocycles. The van der Waals surface area contributed by atoms with Crippen molar-refractivity contribution in [2.24, 2.45) is 0 Å². The Balaban J connectivity index is 2.14. The Hall–Kier alpha value is -1.58. The topological polar surface area (TPSA) is 43.9 Å². The SMILES string of the molecule is Cc1nc(Cn2cccc2)no1. The van der Waals surface area contributed by atoms with Crippen LogP contribution in [0.4, 0.5) is 0 Å². The Labute approximate surface area is 69.8 Å². The molecule has 0 bridgehead atoms. The van der Waals surface area contributed by atoms with Crippen molar-refractivity contribution in [2.75, 3.05) is 0 Å². The Bertz CT molecular complexity index is 350. The zero-order valence-electron chi connectivity index (χ0n) is 6.77. The second-order valence-electron chi connectivity index (χ2n) is 2.58. The van der Waals surface area contributed by atoms with Gasteiger partial charge in [0.1, 0.15) is 0 Å². The van der Waals surface area contributed by atoms with E-state index in [1.54, 1.807) is 6.92 Å². The van der Waals surface area contributed by atoms with Gasteiger partial charge in [-0.05, 0) is 12.1 Å². The minimum absolute atomic E-state index is 0.608. The van der Waals surface area contributed by atoms with E-state index in [9.17, 15) is 0 Å². The molecule has 0 atom stereocenters. The molecule has 62 valence electrons. The predicted molar refractivity (Wildman–Crippen MR) is 42.6 cm³/mol. The maximum absolute atomic E-state index is 4.84. The van der Waals surface area contributed by atoms with E-state index >= 15 is 0 Å². The zero-order valence-corrected chi connectivity index (χ0v) is 6.77. The first-order valence-electron chi connectivity index (χ1n) is 3.74. The zero-order chi connectivity index (χ0) is 8.39. The van der Waals surface area contributed by atoms with Crippen LogP contribution in [0.3, 0.4) is 0 Å². The summed E-state index contributed by atoms with van der Waals surface area (Å²) < 4.78 is 6.83. The fraction of sp³-hybridized carbons (Fsp3) is 0.250. The van der Waals surface area contributed by atoms with Crippen LogP contribution in [0.5, 0.6) is 0 Å². The molecular formula is C8H9N3O. The molecule has 4 heteroatoms. The molecule has 0 aliphatic carbocycles. The van der Waals surface area contributed by atoms with Crippen molar-refractivity contribution in [1.29, 1.82) is 0 Å². The Morgan fingerprint density at radius 2 is 2.17 bits per heavy atom. The van der Waals surface area contributed by atoms with Gasteiger partial charge < -0.3 is 9.09 Å². The van der Waals surface area contributed by atoms with Gasteiger partial charge in [0, 0.05) is 19.3 Å². The fourth-order valence-electron chi connectivity index (χ4n) is 1.04. The molecule has 0 radical (unpaired) electrons. The average Bonchev–Trinajstić information content (AvgIpc) is 2.63. The van der Waals surface area contributed by atoms with Crippen molar-refractivity contribution in [3.8, 4) is 0 Å². The summed E-state index contributed by atoms with van der Waals surface area (Å²) in [6, 6.07) is 3.93. The van der Waals surface area contributed by atoms with Gasteiger partial charge in [0.05, 0.1) is 6.54 Å². The normalized spacial score (nSPS) is 10.4. The van der Waals surface area contributed by atoms with Gasteiger partial charge in [-0.25, -0.2) is 0 Å². The predicted octanol–water partition coefficient (Wildman–Crippen LogP) is 1.23. The number of nitrogens with zero attached hydrogens (tertiary/aromatic N) is 3. The lowest BCUT2D eigenvalue weighted by Gasteiger charge is -1.94. The molecule has 0 fully saturated rings. The average molecular weight is 163 g/mol. The van der Waals surface area contributed by atoms with E-state index in [1.165, 1.54) is 0 Å². The first-order valence-corrected chi connectivity index (χ1v) is 3.74. The van der Waals surface area contributed by atoms with E-state index in [0.717, 1.165) is 0 Å². The Morgan fingerprint density at radius 1 is 1.42 bits per heavy atom. The van der Waals surface area contributed by atoms with Crippen LogP contribution >= 0.6 is 0 Å². The number of hydrogen-bond acceptors (Lipinski definition) is 3. The molecule has 0 unspecified atom stereocenters. The van der Waals surface area contributed by atoms with Crippen molar-refractivity contribution in [3.05, 3.63) is 36.2 Å². The minimum atomic E-state index is 0.608. The highest BCUT2D eigenvalue weighted by Gasteiger charge is 2.00. The lowest BCUT2D eigenvalue weighted by atomic mass is 10.6. The smallest absolute Gasteiger partial charge is 0.223 e. The lowest BCUT2D eigenvalue weighted by Crippen LogP contribution is -1.97. The highest BCUT2D eigenvalue weighted by atomic mass is 16.5. The summed E-state index contributed by atoms with van der Waals surface area (Å²) >= 11 is 0. The number of aryl methyl sites for hydroxylation is 1. The molecule has 0 aliphatic rings. The van der Waals surface area contributed by atoms with Gasteiger partial charge in [-0.15, -0.1) is 0 Å². The van der Waals surface area contributed by atoms with Crippen LogP contribution in [0, 0.1) is 6.92 Å². The van der Waals surface area contributed by atoms with Crippen LogP contribution in [0.1, 0.15) is 11.7 Å². The first kappa shape index (κ1) is 7.09. The lowest BCUT2D eigenvalue weighted by molar-refractivity contribution is 0.386. The maximum atomic E-state index is 4.84. The fourth-order valence-corrected chi connectivity index (χ4v) is 1.04. The number of rotatable bonds is 2. The van der Waals surface area contributed by atoms with Crippen LogP contribution in [0.25, 0.3) is 0 Å². The number of aromatic nitrogens is 3. The highest BCUT2D eigenvalue weighted by molar-refractivity contribution is 4.94. The third kappa shape index (κ3) is 1.37. The summed E-state index contributed by atoms with van der Waals surface area (Å²) in [5.74, 6) is 1.32. The molecule has 0 N–H and O–H groups in total. The largest absolute Gasteiger partial charge is 0.347 e. The van der Waals surface area contributed by atoms with E-state index in [0.29, 0.717) is 18.3 Å². The van der Waals surface area contributed by atoms with Gasteiger partial charge in [0.15, 0.2) is 5.82 Å². The van der Waals surface area contributed by atoms with E-state index in [2.05, 4.69) is 10.1 Å². The third-order valence-corrected chi connectivity index (χ3v) is 1.56. The van der Waals surface area contributed by atoms with Crippen LogP contribution in [0.2, 0.25) is 0 Å². The van der Waals surface area contributed by atoms with Crippen LogP contribution in [0.15, 0.2) is 29.0 Å². The van der Waals surface area contributed by atoms with Crippen molar-refractivity contribution in [3.63, 3.8) is 0 Å². The van der Waals surface area contributed by atoms with Crippen LogP contribution < -0.4 is 0 Å². The quantitative estimate of drug-likeness (QED) is 0.668. The second-order valence-corrected chi connectivity index (χ2v) is 2.58. The summed E-state index contributed by atoms with van der Waals surface area (Å²) in [7, 11) is 0. The molecule has 2 rings (SSSR count). The minimum Gasteiger partial charge on any atom is -0.347 e. The molecule has 0 amide bonds. The van der Waals surface area contributed by atoms with Crippen LogP contribution in [-0.2, 0) is 6.54 Å². The summed E-state index contributed by atoms with van der Waals surface area (Å²) in [4.78, 5) is 4.09. The van der Waals surface area contributed by atoms with E-state index in [-0.39, 0.29) is 0 Å². The van der Waals surface area contributed by atoms with Gasteiger partial charge in [0.25, 0.3) is 0 Å². The van der Waals surface area contributed by atoms with Gasteiger partial charge in [0.2, 0.25) is 5.89 Å². The molecule has 2 aromatic rings. The van der Waals surface area contributed by atoms with Gasteiger partial charge in [-0.3, -0.25) is 0 Å². The second kappa shape index (κ2) is 2.81. The standard InChI is InChI=1S/C8H9N3O/c1-7-9-8(10-12-7)6-11-4-2-3-5-11/h2-5H,6H2,1H3. The monoisotopic (exact) mass is 163 g/mol. The van der Waals surface area contributed by atoms with Crippen molar-refractivity contribution in [1.82, 2.24) is 14.7 Å². The van der Waals surface area contributed by atoms with E-state index in [4.69, 9.17) is 4.52 Å². The summed E-state index contributed by atoms with van der Waals surface area (Å²) in [5.41, 5.74) is 0.